The number of alkyl halides is 12. The molecule has 0 aliphatic rings. The van der Waals surface area contributed by atoms with E-state index in [9.17, 15) is 52.7 Å². The smallest absolute Gasteiger partial charge is 0.423 e. The molecule has 0 fully saturated rings. The average Bonchev–Trinajstić information content (AvgIpc) is 2.52. The summed E-state index contributed by atoms with van der Waals surface area (Å²) in [5, 5.41) is 17.8. The number of benzene rings is 1. The van der Waals surface area contributed by atoms with Crippen LogP contribution in [-0.2, 0) is 11.8 Å². The Bertz CT molecular complexity index is 725. The van der Waals surface area contributed by atoms with E-state index in [0.29, 0.717) is 0 Å². The van der Waals surface area contributed by atoms with Crippen LogP contribution in [0.3, 0.4) is 0 Å². The van der Waals surface area contributed by atoms with Crippen LogP contribution in [0.1, 0.15) is 11.1 Å². The molecular weight excluding hydrogens is 429 g/mol. The van der Waals surface area contributed by atoms with E-state index < -0.39 is 65.9 Å². The minimum Gasteiger partial charge on any atom is -0.423 e. The maximum absolute atomic E-state index is 14.0. The van der Waals surface area contributed by atoms with Crippen LogP contribution in [-0.4, -0.2) is 41.9 Å². The van der Waals surface area contributed by atoms with Crippen molar-refractivity contribution in [1.82, 2.24) is 0 Å². The van der Waals surface area contributed by atoms with Gasteiger partial charge in [0.2, 0.25) is 0 Å². The van der Waals surface area contributed by atoms with Crippen LogP contribution >= 0.6 is 0 Å². The first kappa shape index (κ1) is 24.2. The molecule has 1 aromatic rings. The van der Waals surface area contributed by atoms with Crippen molar-refractivity contribution < 1.29 is 62.7 Å². The molecule has 1 aromatic carbocycles. The van der Waals surface area contributed by atoms with Gasteiger partial charge in [0.1, 0.15) is 0 Å². The number of halogens is 12. The van der Waals surface area contributed by atoms with E-state index in [0.717, 1.165) is 0 Å². The second-order valence-corrected chi connectivity index (χ2v) is 5.36. The molecule has 0 atom stereocenters. The Hall–Kier alpha value is -1.84. The van der Waals surface area contributed by atoms with Gasteiger partial charge in [0, 0.05) is 0 Å². The van der Waals surface area contributed by atoms with Crippen LogP contribution in [0.5, 0.6) is 0 Å². The monoisotopic (exact) mass is 437 g/mol. The first-order valence-corrected chi connectivity index (χ1v) is 6.72. The lowest BCUT2D eigenvalue weighted by Crippen LogP contribution is -2.50. The summed E-state index contributed by atoms with van der Waals surface area (Å²) in [6.07, 6.45) is -10.2. The predicted octanol–water partition coefficient (Wildman–Crippen LogP) is 2.93. The van der Waals surface area contributed by atoms with Gasteiger partial charge in [-0.25, -0.2) is 17.6 Å². The van der Waals surface area contributed by atoms with Gasteiger partial charge in [-0.2, -0.15) is 35.1 Å². The van der Waals surface area contributed by atoms with Crippen molar-refractivity contribution in [1.29, 1.82) is 0 Å². The number of hydrogen-bond donors (Lipinski definition) is 3. The maximum atomic E-state index is 14.0. The zero-order valence-electron chi connectivity index (χ0n) is 12.9. The summed E-state index contributed by atoms with van der Waals surface area (Å²) >= 11 is 0. The lowest BCUT2D eigenvalue weighted by atomic mass is 9.73. The molecule has 16 heteroatoms. The number of nitrogens with two attached hydrogens (primary N) is 1. The van der Waals surface area contributed by atoms with Gasteiger partial charge < -0.3 is 15.8 Å². The highest BCUT2D eigenvalue weighted by Crippen LogP contribution is 2.52. The fourth-order valence-electron chi connectivity index (χ4n) is 2.10. The van der Waals surface area contributed by atoms with Gasteiger partial charge in [-0.1, -0.05) is 12.1 Å². The Morgan fingerprint density at radius 1 is 0.750 bits per heavy atom. The molecule has 1 rings (SSSR count). The molecule has 0 amide bonds. The van der Waals surface area contributed by atoms with Gasteiger partial charge in [0.15, 0.2) is 0 Å². The Kier molecular flexibility index (Phi) is 6.23. The first-order chi connectivity index (χ1) is 12.3. The Labute approximate surface area is 147 Å². The third-order valence-electron chi connectivity index (χ3n) is 3.59. The molecule has 160 valence electrons. The lowest BCUT2D eigenvalue weighted by Gasteiger charge is -2.32. The summed E-state index contributed by atoms with van der Waals surface area (Å²) in [4.78, 5) is 0. The molecule has 0 radical (unpaired) electrons. The van der Waals surface area contributed by atoms with Crippen LogP contribution in [0.25, 0.3) is 0 Å². The van der Waals surface area contributed by atoms with E-state index in [1.54, 1.807) is 0 Å². The minimum atomic E-state index is -6.34. The molecule has 28 heavy (non-hydrogen) atoms. The third kappa shape index (κ3) is 3.47. The average molecular weight is 437 g/mol. The molecule has 0 saturated heterocycles. The summed E-state index contributed by atoms with van der Waals surface area (Å²) in [5.41, 5.74) is -4.79. The van der Waals surface area contributed by atoms with Crippen LogP contribution in [0.4, 0.5) is 58.4 Å². The van der Waals surface area contributed by atoms with Gasteiger partial charge in [-0.15, -0.1) is 0 Å². The van der Waals surface area contributed by atoms with E-state index in [1.807, 2.05) is 0 Å². The molecule has 3 nitrogen and oxygen atoms in total. The van der Waals surface area contributed by atoms with Crippen LogP contribution in [0.15, 0.2) is 12.1 Å². The first-order valence-electron chi connectivity index (χ1n) is 6.72. The standard InChI is InChI=1S/C12H8BF12NO2/c14-7(15)11(22,23)9(18,19)3-1-2-4(13(27)28)5(6(3)26)10(20,21)12(24,25)8(16)17/h1-2,7-8,27-28H,26H2. The summed E-state index contributed by atoms with van der Waals surface area (Å²) in [6, 6.07) is -0.586. The number of hydrogen-bond acceptors (Lipinski definition) is 3. The molecule has 0 aliphatic carbocycles. The molecule has 0 aromatic heterocycles. The zero-order chi connectivity index (χ0) is 22.5. The van der Waals surface area contributed by atoms with E-state index in [4.69, 9.17) is 15.8 Å². The van der Waals surface area contributed by atoms with Crippen molar-refractivity contribution in [2.75, 3.05) is 5.73 Å². The van der Waals surface area contributed by atoms with Crippen LogP contribution in [0.2, 0.25) is 0 Å². The van der Waals surface area contributed by atoms with Crippen molar-refractivity contribution >= 4 is 18.3 Å². The highest BCUT2D eigenvalue weighted by Gasteiger charge is 2.68. The van der Waals surface area contributed by atoms with E-state index in [1.165, 1.54) is 0 Å². The normalized spacial score (nSPS) is 14.1. The van der Waals surface area contributed by atoms with Crippen molar-refractivity contribution in [3.05, 3.63) is 23.3 Å². The number of anilines is 1. The Morgan fingerprint density at radius 3 is 1.50 bits per heavy atom. The van der Waals surface area contributed by atoms with Crippen LogP contribution < -0.4 is 11.2 Å². The van der Waals surface area contributed by atoms with Crippen LogP contribution in [0, 0.1) is 0 Å². The second kappa shape index (κ2) is 7.20. The summed E-state index contributed by atoms with van der Waals surface area (Å²) in [6.45, 7) is 0. The Balaban J connectivity index is 3.92. The maximum Gasteiger partial charge on any atom is 0.489 e. The van der Waals surface area contributed by atoms with Gasteiger partial charge in [0.05, 0.1) is 16.8 Å². The fraction of sp³-hybridized carbons (Fsp3) is 0.500. The van der Waals surface area contributed by atoms with Gasteiger partial charge >= 0.3 is 43.7 Å². The highest BCUT2D eigenvalue weighted by atomic mass is 19.4. The molecular formula is C12H8BF12NO2. The topological polar surface area (TPSA) is 66.5 Å². The zero-order valence-corrected chi connectivity index (χ0v) is 12.9. The minimum absolute atomic E-state index is 0.253. The Morgan fingerprint density at radius 2 is 1.14 bits per heavy atom. The fourth-order valence-corrected chi connectivity index (χ4v) is 2.10. The van der Waals surface area contributed by atoms with Crippen molar-refractivity contribution in [2.45, 2.75) is 36.5 Å². The summed E-state index contributed by atoms with van der Waals surface area (Å²) in [5.74, 6) is -24.8. The lowest BCUT2D eigenvalue weighted by molar-refractivity contribution is -0.272. The van der Waals surface area contributed by atoms with E-state index >= 15 is 0 Å². The quantitative estimate of drug-likeness (QED) is 0.350. The molecule has 0 unspecified atom stereocenters. The number of nitrogen functional groups attached to an aromatic ring is 1. The molecule has 0 aliphatic heterocycles. The third-order valence-corrected chi connectivity index (χ3v) is 3.59. The highest BCUT2D eigenvalue weighted by molar-refractivity contribution is 6.59. The molecule has 0 saturated carbocycles. The van der Waals surface area contributed by atoms with E-state index in [-0.39, 0.29) is 12.1 Å². The SMILES string of the molecule is Nc1c(C(F)(F)C(F)(F)C(F)F)ccc(B(O)O)c1C(F)(F)C(F)(F)C(F)F. The molecule has 0 spiro atoms. The van der Waals surface area contributed by atoms with Gasteiger partial charge in [-0.05, 0) is 5.46 Å². The second-order valence-electron chi connectivity index (χ2n) is 5.36. The molecule has 0 bridgehead atoms. The summed E-state index contributed by atoms with van der Waals surface area (Å²) < 4.78 is 157. The van der Waals surface area contributed by atoms with Crippen molar-refractivity contribution in [3.8, 4) is 0 Å². The van der Waals surface area contributed by atoms with Crippen molar-refractivity contribution in [3.63, 3.8) is 0 Å². The van der Waals surface area contributed by atoms with Gasteiger partial charge in [-0.3, -0.25) is 0 Å². The van der Waals surface area contributed by atoms with E-state index in [2.05, 4.69) is 0 Å². The van der Waals surface area contributed by atoms with Gasteiger partial charge in [0.25, 0.3) is 0 Å². The largest absolute Gasteiger partial charge is 0.489 e. The summed E-state index contributed by atoms with van der Waals surface area (Å²) in [7, 11) is -3.19. The molecule has 0 heterocycles. The molecule has 4 N–H and O–H groups in total. The number of rotatable bonds is 7. The van der Waals surface area contributed by atoms with Crippen molar-refractivity contribution in [2.24, 2.45) is 0 Å². The predicted molar refractivity (Wildman–Crippen MR) is 70.4 cm³/mol.